The number of hydrogen-bond acceptors (Lipinski definition) is 5. The van der Waals surface area contributed by atoms with Crippen LogP contribution in [0, 0.1) is 6.92 Å². The highest BCUT2D eigenvalue weighted by atomic mass is 32.1. The number of carbonyl (C=O) groups excluding carboxylic acids is 1. The first-order chi connectivity index (χ1) is 11.0. The molecule has 1 fully saturated rings. The molecule has 23 heavy (non-hydrogen) atoms. The Bertz CT molecular complexity index is 725. The minimum absolute atomic E-state index is 0.0156. The van der Waals surface area contributed by atoms with Crippen molar-refractivity contribution in [2.75, 3.05) is 11.4 Å². The SMILES string of the molecule is Cc1c(C(=O)NC(C)C)sc2ncnc(N3CCCCC3C)c12. The number of thiophene rings is 1. The molecule has 3 rings (SSSR count). The summed E-state index contributed by atoms with van der Waals surface area (Å²) in [6.07, 6.45) is 5.28. The number of fused-ring (bicyclic) bond motifs is 1. The van der Waals surface area contributed by atoms with Crippen molar-refractivity contribution in [3.63, 3.8) is 0 Å². The van der Waals surface area contributed by atoms with Crippen LogP contribution in [0.1, 0.15) is 55.3 Å². The van der Waals surface area contributed by atoms with E-state index in [1.165, 1.54) is 30.6 Å². The monoisotopic (exact) mass is 332 g/mol. The highest BCUT2D eigenvalue weighted by Crippen LogP contribution is 2.36. The zero-order valence-electron chi connectivity index (χ0n) is 14.2. The van der Waals surface area contributed by atoms with Crippen LogP contribution in [0.5, 0.6) is 0 Å². The van der Waals surface area contributed by atoms with Crippen LogP contribution < -0.4 is 10.2 Å². The number of piperidine rings is 1. The average molecular weight is 332 g/mol. The molecule has 0 spiro atoms. The van der Waals surface area contributed by atoms with Crippen LogP contribution in [0.15, 0.2) is 6.33 Å². The van der Waals surface area contributed by atoms with Crippen molar-refractivity contribution >= 4 is 33.3 Å². The van der Waals surface area contributed by atoms with Crippen molar-refractivity contribution in [1.82, 2.24) is 15.3 Å². The number of anilines is 1. The number of rotatable bonds is 3. The Kier molecular flexibility index (Phi) is 4.53. The average Bonchev–Trinajstić information content (AvgIpc) is 2.85. The van der Waals surface area contributed by atoms with Crippen molar-refractivity contribution in [1.29, 1.82) is 0 Å². The van der Waals surface area contributed by atoms with Gasteiger partial charge in [-0.15, -0.1) is 11.3 Å². The summed E-state index contributed by atoms with van der Waals surface area (Å²) in [6, 6.07) is 0.605. The van der Waals surface area contributed by atoms with E-state index in [1.807, 2.05) is 20.8 Å². The molecule has 1 aliphatic rings. The van der Waals surface area contributed by atoms with Crippen LogP contribution in [0.4, 0.5) is 5.82 Å². The fourth-order valence-electron chi connectivity index (χ4n) is 3.23. The lowest BCUT2D eigenvalue weighted by atomic mass is 10.0. The van der Waals surface area contributed by atoms with Gasteiger partial charge in [0.2, 0.25) is 0 Å². The van der Waals surface area contributed by atoms with Gasteiger partial charge in [-0.2, -0.15) is 0 Å². The lowest BCUT2D eigenvalue weighted by Crippen LogP contribution is -2.38. The zero-order valence-corrected chi connectivity index (χ0v) is 15.0. The van der Waals surface area contributed by atoms with Gasteiger partial charge in [-0.05, 0) is 52.5 Å². The highest BCUT2D eigenvalue weighted by Gasteiger charge is 2.25. The van der Waals surface area contributed by atoms with Gasteiger partial charge in [0, 0.05) is 18.6 Å². The summed E-state index contributed by atoms with van der Waals surface area (Å²) >= 11 is 1.46. The van der Waals surface area contributed by atoms with Gasteiger partial charge in [-0.25, -0.2) is 9.97 Å². The Morgan fingerprint density at radius 3 is 2.87 bits per heavy atom. The van der Waals surface area contributed by atoms with Crippen molar-refractivity contribution in [3.05, 3.63) is 16.8 Å². The van der Waals surface area contributed by atoms with Crippen LogP contribution in [0.25, 0.3) is 10.2 Å². The van der Waals surface area contributed by atoms with Gasteiger partial charge in [0.15, 0.2) is 0 Å². The maximum atomic E-state index is 12.4. The van der Waals surface area contributed by atoms with Gasteiger partial charge >= 0.3 is 0 Å². The molecule has 6 heteroatoms. The molecular formula is C17H24N4OS. The Hall–Kier alpha value is -1.69. The second-order valence-electron chi connectivity index (χ2n) is 6.60. The van der Waals surface area contributed by atoms with E-state index in [-0.39, 0.29) is 11.9 Å². The van der Waals surface area contributed by atoms with Crippen LogP contribution in [-0.4, -0.2) is 34.5 Å². The maximum absolute atomic E-state index is 12.4. The molecule has 0 aliphatic carbocycles. The molecule has 1 aliphatic heterocycles. The van der Waals surface area contributed by atoms with E-state index < -0.39 is 0 Å². The molecule has 2 aromatic heterocycles. The first kappa shape index (κ1) is 16.2. The second kappa shape index (κ2) is 6.43. The summed E-state index contributed by atoms with van der Waals surface area (Å²) in [5.74, 6) is 0.970. The fraction of sp³-hybridized carbons (Fsp3) is 0.588. The predicted octanol–water partition coefficient (Wildman–Crippen LogP) is 3.52. The number of amides is 1. The van der Waals surface area contributed by atoms with Crippen molar-refractivity contribution in [3.8, 4) is 0 Å². The third-order valence-electron chi connectivity index (χ3n) is 4.41. The first-order valence-corrected chi connectivity index (χ1v) is 9.12. The topological polar surface area (TPSA) is 58.1 Å². The minimum Gasteiger partial charge on any atom is -0.353 e. The molecule has 1 unspecified atom stereocenters. The van der Waals surface area contributed by atoms with E-state index in [1.54, 1.807) is 6.33 Å². The zero-order chi connectivity index (χ0) is 16.6. The van der Waals surface area contributed by atoms with Crippen LogP contribution in [-0.2, 0) is 0 Å². The summed E-state index contributed by atoms with van der Waals surface area (Å²) in [4.78, 5) is 25.4. The van der Waals surface area contributed by atoms with Gasteiger partial charge < -0.3 is 10.2 Å². The van der Waals surface area contributed by atoms with Gasteiger partial charge in [0.1, 0.15) is 17.0 Å². The molecule has 0 saturated carbocycles. The molecule has 0 bridgehead atoms. The number of aromatic nitrogens is 2. The van der Waals surface area contributed by atoms with E-state index in [9.17, 15) is 4.79 Å². The third kappa shape index (κ3) is 3.04. The highest BCUT2D eigenvalue weighted by molar-refractivity contribution is 7.20. The number of aryl methyl sites for hydroxylation is 1. The predicted molar refractivity (Wildman–Crippen MR) is 95.4 cm³/mol. The Morgan fingerprint density at radius 2 is 2.17 bits per heavy atom. The Morgan fingerprint density at radius 1 is 1.39 bits per heavy atom. The van der Waals surface area contributed by atoms with Gasteiger partial charge in [-0.3, -0.25) is 4.79 Å². The standard InChI is InChI=1S/C17H24N4OS/c1-10(2)20-16(22)14-12(4)13-15(18-9-19-17(13)23-14)21-8-6-5-7-11(21)3/h9-11H,5-8H2,1-4H3,(H,20,22). The molecule has 0 radical (unpaired) electrons. The normalized spacial score (nSPS) is 18.7. The Labute approximate surface area is 141 Å². The van der Waals surface area contributed by atoms with Crippen LogP contribution in [0.2, 0.25) is 0 Å². The van der Waals surface area contributed by atoms with Gasteiger partial charge in [0.05, 0.1) is 10.3 Å². The summed E-state index contributed by atoms with van der Waals surface area (Å²) in [6.45, 7) is 9.23. The molecule has 2 aromatic rings. The molecular weight excluding hydrogens is 308 g/mol. The molecule has 0 aromatic carbocycles. The molecule has 1 saturated heterocycles. The summed E-state index contributed by atoms with van der Waals surface area (Å²) in [5, 5.41) is 4.02. The number of hydrogen-bond donors (Lipinski definition) is 1. The fourth-order valence-corrected chi connectivity index (χ4v) is 4.27. The Balaban J connectivity index is 2.07. The van der Waals surface area contributed by atoms with E-state index in [4.69, 9.17) is 0 Å². The van der Waals surface area contributed by atoms with Crippen molar-refractivity contribution in [2.45, 2.75) is 59.0 Å². The van der Waals surface area contributed by atoms with Crippen molar-refractivity contribution in [2.24, 2.45) is 0 Å². The summed E-state index contributed by atoms with van der Waals surface area (Å²) < 4.78 is 0. The van der Waals surface area contributed by atoms with Gasteiger partial charge in [-0.1, -0.05) is 0 Å². The first-order valence-electron chi connectivity index (χ1n) is 8.30. The maximum Gasteiger partial charge on any atom is 0.261 e. The largest absolute Gasteiger partial charge is 0.353 e. The third-order valence-corrected chi connectivity index (χ3v) is 5.61. The lowest BCUT2D eigenvalue weighted by molar-refractivity contribution is 0.0947. The smallest absolute Gasteiger partial charge is 0.261 e. The molecule has 1 amide bonds. The number of nitrogens with zero attached hydrogens (tertiary/aromatic N) is 3. The van der Waals surface area contributed by atoms with E-state index in [2.05, 4.69) is 27.1 Å². The summed E-state index contributed by atoms with van der Waals surface area (Å²) in [7, 11) is 0. The van der Waals surface area contributed by atoms with Gasteiger partial charge in [0.25, 0.3) is 5.91 Å². The molecule has 3 heterocycles. The lowest BCUT2D eigenvalue weighted by Gasteiger charge is -2.34. The molecule has 124 valence electrons. The van der Waals surface area contributed by atoms with Crippen LogP contribution >= 0.6 is 11.3 Å². The van der Waals surface area contributed by atoms with E-state index in [0.717, 1.165) is 33.0 Å². The van der Waals surface area contributed by atoms with E-state index >= 15 is 0 Å². The molecule has 5 nitrogen and oxygen atoms in total. The quantitative estimate of drug-likeness (QED) is 0.934. The number of carbonyl (C=O) groups is 1. The van der Waals surface area contributed by atoms with E-state index in [0.29, 0.717) is 6.04 Å². The summed E-state index contributed by atoms with van der Waals surface area (Å²) in [5.41, 5.74) is 0.997. The van der Waals surface area contributed by atoms with Crippen molar-refractivity contribution < 1.29 is 4.79 Å². The van der Waals surface area contributed by atoms with Crippen LogP contribution in [0.3, 0.4) is 0 Å². The minimum atomic E-state index is -0.0156. The number of nitrogens with one attached hydrogen (secondary N) is 1. The molecule has 1 N–H and O–H groups in total. The molecule has 1 atom stereocenters. The second-order valence-corrected chi connectivity index (χ2v) is 7.60.